The van der Waals surface area contributed by atoms with E-state index in [1.54, 1.807) is 24.1 Å². The van der Waals surface area contributed by atoms with Gasteiger partial charge in [-0.2, -0.15) is 5.10 Å². The molecule has 0 aromatic carbocycles. The summed E-state index contributed by atoms with van der Waals surface area (Å²) in [6, 6.07) is -0.529. The van der Waals surface area contributed by atoms with Crippen molar-refractivity contribution in [2.45, 2.75) is 13.0 Å². The smallest absolute Gasteiger partial charge is 0.321 e. The van der Waals surface area contributed by atoms with E-state index >= 15 is 0 Å². The molecule has 0 aliphatic heterocycles. The first-order chi connectivity index (χ1) is 7.61. The molecule has 1 rings (SSSR count). The number of hydrogen-bond acceptors (Lipinski definition) is 3. The molecular formula is C9H13ClN4O2. The number of hydrogen-bond donors (Lipinski definition) is 2. The standard InChI is InChI=1S/C9H13ClN4O2/c1-14-6-7(5-12-14)4-11-9(16)13-8(15)2-3-10/h5-6H,2-4H2,1H3,(H2,11,13,15,16). The SMILES string of the molecule is Cn1cc(CNC(=O)NC(=O)CCCl)cn1. The van der Waals surface area contributed by atoms with E-state index in [0.717, 1.165) is 5.56 Å². The molecule has 7 heteroatoms. The molecule has 2 N–H and O–H groups in total. The van der Waals surface area contributed by atoms with Crippen LogP contribution >= 0.6 is 11.6 Å². The van der Waals surface area contributed by atoms with Crippen molar-refractivity contribution >= 4 is 23.5 Å². The first kappa shape index (κ1) is 12.5. The molecule has 16 heavy (non-hydrogen) atoms. The Morgan fingerprint density at radius 1 is 1.56 bits per heavy atom. The van der Waals surface area contributed by atoms with Gasteiger partial charge in [0, 0.05) is 37.7 Å². The number of alkyl halides is 1. The summed E-state index contributed by atoms with van der Waals surface area (Å²) in [7, 11) is 1.79. The summed E-state index contributed by atoms with van der Waals surface area (Å²) in [5, 5.41) is 8.64. The van der Waals surface area contributed by atoms with Crippen molar-refractivity contribution in [3.63, 3.8) is 0 Å². The van der Waals surface area contributed by atoms with Crippen molar-refractivity contribution < 1.29 is 9.59 Å². The zero-order valence-electron chi connectivity index (χ0n) is 8.86. The van der Waals surface area contributed by atoms with E-state index in [1.807, 2.05) is 0 Å². The fourth-order valence-corrected chi connectivity index (χ4v) is 1.24. The fraction of sp³-hybridized carbons (Fsp3) is 0.444. The van der Waals surface area contributed by atoms with E-state index in [0.29, 0.717) is 6.54 Å². The van der Waals surface area contributed by atoms with Crippen molar-refractivity contribution in [2.75, 3.05) is 5.88 Å². The molecule has 1 aromatic rings. The highest BCUT2D eigenvalue weighted by Crippen LogP contribution is 1.94. The molecule has 0 radical (unpaired) electrons. The Balaban J connectivity index is 2.27. The molecule has 0 fully saturated rings. The topological polar surface area (TPSA) is 76.0 Å². The van der Waals surface area contributed by atoms with Crippen molar-refractivity contribution in [1.29, 1.82) is 0 Å². The van der Waals surface area contributed by atoms with Crippen LogP contribution in [0, 0.1) is 0 Å². The van der Waals surface area contributed by atoms with Crippen LogP contribution in [0.2, 0.25) is 0 Å². The van der Waals surface area contributed by atoms with Crippen LogP contribution in [-0.2, 0) is 18.4 Å². The molecule has 1 heterocycles. The third kappa shape index (κ3) is 4.31. The molecule has 0 unspecified atom stereocenters. The summed E-state index contributed by atoms with van der Waals surface area (Å²) in [5.74, 6) is -0.194. The minimum atomic E-state index is -0.529. The number of halogens is 1. The van der Waals surface area contributed by atoms with Crippen LogP contribution in [0.5, 0.6) is 0 Å². The summed E-state index contributed by atoms with van der Waals surface area (Å²) < 4.78 is 1.63. The van der Waals surface area contributed by atoms with Crippen molar-refractivity contribution in [3.05, 3.63) is 18.0 Å². The van der Waals surface area contributed by atoms with Gasteiger partial charge < -0.3 is 5.32 Å². The van der Waals surface area contributed by atoms with E-state index in [1.165, 1.54) is 0 Å². The quantitative estimate of drug-likeness (QED) is 0.752. The van der Waals surface area contributed by atoms with Gasteiger partial charge in [-0.3, -0.25) is 14.8 Å². The van der Waals surface area contributed by atoms with Crippen LogP contribution in [0.3, 0.4) is 0 Å². The Kier molecular flexibility index (Phi) is 4.78. The monoisotopic (exact) mass is 244 g/mol. The van der Waals surface area contributed by atoms with E-state index < -0.39 is 11.9 Å². The van der Waals surface area contributed by atoms with Crippen LogP contribution in [0.25, 0.3) is 0 Å². The number of carbonyl (C=O) groups is 2. The van der Waals surface area contributed by atoms with Gasteiger partial charge in [-0.1, -0.05) is 0 Å². The third-order valence-corrected chi connectivity index (χ3v) is 1.97. The molecule has 6 nitrogen and oxygen atoms in total. The highest BCUT2D eigenvalue weighted by Gasteiger charge is 2.06. The zero-order chi connectivity index (χ0) is 12.0. The predicted molar refractivity (Wildman–Crippen MR) is 58.9 cm³/mol. The van der Waals surface area contributed by atoms with Gasteiger partial charge in [0.25, 0.3) is 0 Å². The summed E-state index contributed by atoms with van der Waals surface area (Å²) in [6.45, 7) is 0.327. The Bertz CT molecular complexity index is 377. The summed E-state index contributed by atoms with van der Waals surface area (Å²) >= 11 is 5.35. The van der Waals surface area contributed by atoms with Gasteiger partial charge >= 0.3 is 6.03 Å². The number of aromatic nitrogens is 2. The molecule has 0 aliphatic rings. The number of nitrogens with zero attached hydrogens (tertiary/aromatic N) is 2. The van der Waals surface area contributed by atoms with Gasteiger partial charge in [0.1, 0.15) is 0 Å². The van der Waals surface area contributed by atoms with Crippen LogP contribution in [0.1, 0.15) is 12.0 Å². The van der Waals surface area contributed by atoms with Crippen LogP contribution in [0.15, 0.2) is 12.4 Å². The Morgan fingerprint density at radius 3 is 2.88 bits per heavy atom. The van der Waals surface area contributed by atoms with Gasteiger partial charge in [-0.05, 0) is 0 Å². The van der Waals surface area contributed by atoms with Gasteiger partial charge in [0.05, 0.1) is 6.20 Å². The molecule has 0 spiro atoms. The van der Waals surface area contributed by atoms with Gasteiger partial charge in [-0.15, -0.1) is 11.6 Å². The molecule has 0 bridgehead atoms. The Labute approximate surface area is 98.0 Å². The van der Waals surface area contributed by atoms with Crippen molar-refractivity contribution in [1.82, 2.24) is 20.4 Å². The summed E-state index contributed by atoms with van der Waals surface area (Å²) in [5.41, 5.74) is 0.863. The number of imide groups is 1. The third-order valence-electron chi connectivity index (χ3n) is 1.79. The van der Waals surface area contributed by atoms with Crippen LogP contribution in [0.4, 0.5) is 4.79 Å². The number of amides is 3. The average molecular weight is 245 g/mol. The largest absolute Gasteiger partial charge is 0.334 e. The first-order valence-corrected chi connectivity index (χ1v) is 5.26. The second-order valence-corrected chi connectivity index (χ2v) is 3.57. The Morgan fingerprint density at radius 2 is 2.31 bits per heavy atom. The van der Waals surface area contributed by atoms with E-state index in [9.17, 15) is 9.59 Å². The van der Waals surface area contributed by atoms with Gasteiger partial charge in [0.15, 0.2) is 0 Å². The first-order valence-electron chi connectivity index (χ1n) is 4.73. The second kappa shape index (κ2) is 6.12. The Hall–Kier alpha value is -1.56. The van der Waals surface area contributed by atoms with Gasteiger partial charge in [-0.25, -0.2) is 4.79 Å². The molecule has 88 valence electrons. The van der Waals surface area contributed by atoms with Crippen LogP contribution < -0.4 is 10.6 Å². The highest BCUT2D eigenvalue weighted by molar-refractivity contribution is 6.19. The van der Waals surface area contributed by atoms with Gasteiger partial charge in [0.2, 0.25) is 5.91 Å². The minimum absolute atomic E-state index is 0.127. The molecule has 0 aliphatic carbocycles. The maximum atomic E-state index is 11.2. The van der Waals surface area contributed by atoms with Crippen LogP contribution in [-0.4, -0.2) is 27.6 Å². The highest BCUT2D eigenvalue weighted by atomic mass is 35.5. The molecule has 0 atom stereocenters. The molecule has 1 aromatic heterocycles. The van der Waals surface area contributed by atoms with E-state index in [2.05, 4.69) is 15.7 Å². The van der Waals surface area contributed by atoms with E-state index in [-0.39, 0.29) is 12.3 Å². The average Bonchev–Trinajstić information content (AvgIpc) is 2.61. The van der Waals surface area contributed by atoms with Crippen molar-refractivity contribution in [3.8, 4) is 0 Å². The lowest BCUT2D eigenvalue weighted by Crippen LogP contribution is -2.39. The second-order valence-electron chi connectivity index (χ2n) is 3.19. The zero-order valence-corrected chi connectivity index (χ0v) is 9.62. The normalized spacial score (nSPS) is 9.88. The number of rotatable bonds is 4. The lowest BCUT2D eigenvalue weighted by Gasteiger charge is -2.04. The maximum Gasteiger partial charge on any atom is 0.321 e. The molecule has 0 saturated heterocycles. The lowest BCUT2D eigenvalue weighted by atomic mass is 10.4. The van der Waals surface area contributed by atoms with E-state index in [4.69, 9.17) is 11.6 Å². The molecule has 3 amide bonds. The fourth-order valence-electron chi connectivity index (χ4n) is 1.06. The lowest BCUT2D eigenvalue weighted by molar-refractivity contribution is -0.119. The maximum absolute atomic E-state index is 11.2. The summed E-state index contributed by atoms with van der Waals surface area (Å²) in [6.07, 6.45) is 3.55. The number of carbonyl (C=O) groups excluding carboxylic acids is 2. The summed E-state index contributed by atoms with van der Waals surface area (Å²) in [4.78, 5) is 22.2. The number of urea groups is 1. The number of nitrogens with one attached hydrogen (secondary N) is 2. The molecular weight excluding hydrogens is 232 g/mol. The molecule has 0 saturated carbocycles. The minimum Gasteiger partial charge on any atom is -0.334 e. The predicted octanol–water partition coefficient (Wildman–Crippen LogP) is 0.375. The van der Waals surface area contributed by atoms with Crippen molar-refractivity contribution in [2.24, 2.45) is 7.05 Å². The number of aryl methyl sites for hydroxylation is 1.